The van der Waals surface area contributed by atoms with Gasteiger partial charge in [0.05, 0.1) is 17.6 Å². The fraction of sp³-hybridized carbons (Fsp3) is 1.00. The first-order valence-corrected chi connectivity index (χ1v) is 7.56. The predicted octanol–water partition coefficient (Wildman–Crippen LogP) is 0.809. The maximum absolute atomic E-state index is 12.1. The zero-order chi connectivity index (χ0) is 12.3. The van der Waals surface area contributed by atoms with Crippen molar-refractivity contribution in [3.8, 4) is 0 Å². The third-order valence-electron chi connectivity index (χ3n) is 3.42. The summed E-state index contributed by atoms with van der Waals surface area (Å²) >= 11 is 0. The highest BCUT2D eigenvalue weighted by Gasteiger charge is 2.40. The van der Waals surface area contributed by atoms with Crippen molar-refractivity contribution >= 4 is 9.84 Å². The lowest BCUT2D eigenvalue weighted by molar-refractivity contribution is 0.215. The Labute approximate surface area is 98.5 Å². The Morgan fingerprint density at radius 3 is 2.44 bits per heavy atom. The van der Waals surface area contributed by atoms with Crippen LogP contribution in [0.15, 0.2) is 0 Å². The Bertz CT molecular complexity index is 303. The molecule has 1 saturated carbocycles. The molecule has 0 aliphatic heterocycles. The van der Waals surface area contributed by atoms with Gasteiger partial charge >= 0.3 is 0 Å². The maximum atomic E-state index is 12.1. The van der Waals surface area contributed by atoms with Gasteiger partial charge in [-0.2, -0.15) is 0 Å². The molecular weight excluding hydrogens is 226 g/mol. The molecule has 2 N–H and O–H groups in total. The van der Waals surface area contributed by atoms with Gasteiger partial charge in [-0.3, -0.25) is 0 Å². The molecule has 0 amide bonds. The first-order chi connectivity index (χ1) is 7.38. The molecule has 0 spiro atoms. The monoisotopic (exact) mass is 249 g/mol. The van der Waals surface area contributed by atoms with Gasteiger partial charge in [0, 0.05) is 13.2 Å². The molecule has 4 nitrogen and oxygen atoms in total. The first-order valence-electron chi connectivity index (χ1n) is 5.84. The number of methoxy groups -OCH3 is 1. The van der Waals surface area contributed by atoms with Gasteiger partial charge in [-0.05, 0) is 24.7 Å². The third kappa shape index (κ3) is 3.18. The van der Waals surface area contributed by atoms with Gasteiger partial charge in [0.25, 0.3) is 0 Å². The summed E-state index contributed by atoms with van der Waals surface area (Å²) in [4.78, 5) is 0. The van der Waals surface area contributed by atoms with Gasteiger partial charge in [0.2, 0.25) is 0 Å². The zero-order valence-electron chi connectivity index (χ0n) is 10.3. The highest BCUT2D eigenvalue weighted by Crippen LogP contribution is 2.32. The number of rotatable bonds is 4. The van der Waals surface area contributed by atoms with E-state index in [0.717, 1.165) is 12.8 Å². The molecule has 4 unspecified atom stereocenters. The molecule has 0 heterocycles. The molecule has 0 aromatic heterocycles. The van der Waals surface area contributed by atoms with Crippen molar-refractivity contribution in [1.82, 2.24) is 0 Å². The molecule has 16 heavy (non-hydrogen) atoms. The van der Waals surface area contributed by atoms with Crippen LogP contribution in [-0.4, -0.2) is 39.2 Å². The number of nitrogens with two attached hydrogens (primary N) is 1. The molecule has 1 aliphatic rings. The highest BCUT2D eigenvalue weighted by molar-refractivity contribution is 7.92. The Hall–Kier alpha value is -0.130. The fourth-order valence-electron chi connectivity index (χ4n) is 2.84. The molecule has 1 rings (SSSR count). The Morgan fingerprint density at radius 1 is 1.31 bits per heavy atom. The summed E-state index contributed by atoms with van der Waals surface area (Å²) in [6.45, 7) is 4.38. The van der Waals surface area contributed by atoms with E-state index in [2.05, 4.69) is 6.92 Å². The number of sulfone groups is 1. The van der Waals surface area contributed by atoms with Crippen molar-refractivity contribution in [1.29, 1.82) is 0 Å². The largest absolute Gasteiger partial charge is 0.384 e. The second-order valence-corrected chi connectivity index (χ2v) is 7.32. The van der Waals surface area contributed by atoms with E-state index in [-0.39, 0.29) is 29.6 Å². The lowest BCUT2D eigenvalue weighted by atomic mass is 9.80. The molecular formula is C11H23NO3S. The SMILES string of the molecule is COCCS(=O)(=O)C1C(C)CC(C)CC1N. The summed E-state index contributed by atoms with van der Waals surface area (Å²) in [5, 5.41) is -0.390. The van der Waals surface area contributed by atoms with Crippen LogP contribution in [0, 0.1) is 11.8 Å². The second kappa shape index (κ2) is 5.47. The van der Waals surface area contributed by atoms with Gasteiger partial charge in [0.15, 0.2) is 9.84 Å². The van der Waals surface area contributed by atoms with E-state index in [0.29, 0.717) is 5.92 Å². The van der Waals surface area contributed by atoms with E-state index in [1.807, 2.05) is 6.92 Å². The van der Waals surface area contributed by atoms with Crippen LogP contribution in [0.5, 0.6) is 0 Å². The molecule has 0 aromatic carbocycles. The lowest BCUT2D eigenvalue weighted by Gasteiger charge is -2.37. The highest BCUT2D eigenvalue weighted by atomic mass is 32.2. The molecule has 1 aliphatic carbocycles. The minimum atomic E-state index is -3.12. The summed E-state index contributed by atoms with van der Waals surface area (Å²) in [5.74, 6) is 0.764. The van der Waals surface area contributed by atoms with Gasteiger partial charge in [-0.25, -0.2) is 8.42 Å². The Morgan fingerprint density at radius 2 is 1.94 bits per heavy atom. The second-order valence-electron chi connectivity index (χ2n) is 5.04. The summed E-state index contributed by atoms with van der Waals surface area (Å²) in [6, 6.07) is -0.222. The molecule has 96 valence electrons. The van der Waals surface area contributed by atoms with Gasteiger partial charge in [-0.15, -0.1) is 0 Å². The van der Waals surface area contributed by atoms with Gasteiger partial charge in [-0.1, -0.05) is 13.8 Å². The molecule has 0 aromatic rings. The Balaban J connectivity index is 2.77. The summed E-state index contributed by atoms with van der Waals surface area (Å²) < 4.78 is 29.1. The molecule has 1 fully saturated rings. The first kappa shape index (κ1) is 13.9. The van der Waals surface area contributed by atoms with E-state index in [9.17, 15) is 8.42 Å². The summed E-state index contributed by atoms with van der Waals surface area (Å²) in [7, 11) is -1.60. The average molecular weight is 249 g/mol. The van der Waals surface area contributed by atoms with Crippen molar-refractivity contribution in [3.05, 3.63) is 0 Å². The topological polar surface area (TPSA) is 69.4 Å². The zero-order valence-corrected chi connectivity index (χ0v) is 11.2. The van der Waals surface area contributed by atoms with Gasteiger partial charge in [0.1, 0.15) is 0 Å². The smallest absolute Gasteiger partial charge is 0.157 e. The van der Waals surface area contributed by atoms with Crippen LogP contribution < -0.4 is 5.73 Å². The molecule has 4 atom stereocenters. The quantitative estimate of drug-likeness (QED) is 0.800. The predicted molar refractivity (Wildman–Crippen MR) is 65.0 cm³/mol. The minimum absolute atomic E-state index is 0.0839. The van der Waals surface area contributed by atoms with Gasteiger partial charge < -0.3 is 10.5 Å². The van der Waals surface area contributed by atoms with E-state index in [1.165, 1.54) is 7.11 Å². The minimum Gasteiger partial charge on any atom is -0.384 e. The van der Waals surface area contributed by atoms with Crippen LogP contribution in [0.25, 0.3) is 0 Å². The van der Waals surface area contributed by atoms with E-state index < -0.39 is 9.84 Å². The number of hydrogen-bond acceptors (Lipinski definition) is 4. The van der Waals surface area contributed by atoms with Crippen LogP contribution in [0.1, 0.15) is 26.7 Å². The van der Waals surface area contributed by atoms with Crippen LogP contribution >= 0.6 is 0 Å². The third-order valence-corrected chi connectivity index (χ3v) is 5.80. The van der Waals surface area contributed by atoms with Crippen LogP contribution in [0.4, 0.5) is 0 Å². The number of hydrogen-bond donors (Lipinski definition) is 1. The lowest BCUT2D eigenvalue weighted by Crippen LogP contribution is -2.50. The standard InChI is InChI=1S/C11H23NO3S/c1-8-6-9(2)11(10(12)7-8)16(13,14)5-4-15-3/h8-11H,4-7,12H2,1-3H3. The average Bonchev–Trinajstić information content (AvgIpc) is 2.12. The van der Waals surface area contributed by atoms with Crippen molar-refractivity contribution in [3.63, 3.8) is 0 Å². The van der Waals surface area contributed by atoms with Crippen LogP contribution in [-0.2, 0) is 14.6 Å². The Kier molecular flexibility index (Phi) is 4.76. The fourth-order valence-corrected chi connectivity index (χ4v) is 4.98. The normalized spacial score (nSPS) is 36.2. The van der Waals surface area contributed by atoms with Crippen LogP contribution in [0.2, 0.25) is 0 Å². The molecule has 5 heteroatoms. The maximum Gasteiger partial charge on any atom is 0.157 e. The molecule has 0 bridgehead atoms. The molecule has 0 saturated heterocycles. The number of ether oxygens (including phenoxy) is 1. The van der Waals surface area contributed by atoms with Crippen LogP contribution in [0.3, 0.4) is 0 Å². The van der Waals surface area contributed by atoms with E-state index in [4.69, 9.17) is 10.5 Å². The summed E-state index contributed by atoms with van der Waals surface area (Å²) in [6.07, 6.45) is 1.76. The van der Waals surface area contributed by atoms with Crippen molar-refractivity contribution in [2.45, 2.75) is 38.0 Å². The van der Waals surface area contributed by atoms with E-state index >= 15 is 0 Å². The van der Waals surface area contributed by atoms with E-state index in [1.54, 1.807) is 0 Å². The molecule has 0 radical (unpaired) electrons. The van der Waals surface area contributed by atoms with Crippen molar-refractivity contribution < 1.29 is 13.2 Å². The van der Waals surface area contributed by atoms with Crippen molar-refractivity contribution in [2.24, 2.45) is 17.6 Å². The van der Waals surface area contributed by atoms with Crippen molar-refractivity contribution in [2.75, 3.05) is 19.5 Å². The summed E-state index contributed by atoms with van der Waals surface area (Å²) in [5.41, 5.74) is 6.00.